The monoisotopic (exact) mass is 217 g/mol. The molecule has 2 rings (SSSR count). The lowest BCUT2D eigenvalue weighted by Gasteiger charge is -2.00. The van der Waals surface area contributed by atoms with Crippen molar-refractivity contribution in [3.05, 3.63) is 54.1 Å². The molecule has 0 aliphatic carbocycles. The topological polar surface area (TPSA) is 12.9 Å². The van der Waals surface area contributed by atoms with E-state index in [-0.39, 0.29) is 0 Å². The fraction of sp³-hybridized carbons (Fsp3) is 0.214. The molecule has 0 aliphatic heterocycles. The van der Waals surface area contributed by atoms with E-state index in [1.54, 1.807) is 12.3 Å². The van der Waals surface area contributed by atoms with Crippen LogP contribution in [0.2, 0.25) is 0 Å². The van der Waals surface area contributed by atoms with Crippen LogP contribution in [0.1, 0.15) is 19.4 Å². The van der Waals surface area contributed by atoms with Gasteiger partial charge in [0.15, 0.2) is 0 Å². The number of nitrogens with zero attached hydrogens (tertiary/aromatic N) is 1. The van der Waals surface area contributed by atoms with Crippen molar-refractivity contribution in [2.24, 2.45) is 0 Å². The Balaban J connectivity index is 0.000000606. The van der Waals surface area contributed by atoms with Gasteiger partial charge < -0.3 is 0 Å². The van der Waals surface area contributed by atoms with Crippen molar-refractivity contribution in [1.82, 2.24) is 4.98 Å². The molecule has 2 heteroatoms. The van der Waals surface area contributed by atoms with E-state index in [1.807, 2.05) is 45.0 Å². The summed E-state index contributed by atoms with van der Waals surface area (Å²) in [5.41, 5.74) is 3.21. The maximum Gasteiger partial charge on any atom is 0.212 e. The molecule has 1 heterocycles. The minimum atomic E-state index is -0.444. The zero-order valence-electron chi connectivity index (χ0n) is 9.87. The Morgan fingerprint density at radius 2 is 1.44 bits per heavy atom. The molecule has 16 heavy (non-hydrogen) atoms. The molecule has 0 amide bonds. The molecule has 1 nitrogen and oxygen atoms in total. The molecule has 0 N–H and O–H groups in total. The quantitative estimate of drug-likeness (QED) is 0.652. The third-order valence-electron chi connectivity index (χ3n) is 2.11. The summed E-state index contributed by atoms with van der Waals surface area (Å²) in [7, 11) is 0. The smallest absolute Gasteiger partial charge is 0.212 e. The van der Waals surface area contributed by atoms with Crippen LogP contribution in [0.25, 0.3) is 11.1 Å². The number of hydrogen-bond acceptors (Lipinski definition) is 1. The zero-order chi connectivity index (χ0) is 12.0. The molecule has 0 aliphatic rings. The van der Waals surface area contributed by atoms with Gasteiger partial charge >= 0.3 is 0 Å². The van der Waals surface area contributed by atoms with E-state index in [1.165, 1.54) is 11.6 Å². The first-order valence-corrected chi connectivity index (χ1v) is 5.44. The van der Waals surface area contributed by atoms with E-state index < -0.39 is 5.95 Å². The number of rotatable bonds is 1. The summed E-state index contributed by atoms with van der Waals surface area (Å²) >= 11 is 0. The van der Waals surface area contributed by atoms with Crippen LogP contribution in [0.15, 0.2) is 42.6 Å². The standard InChI is InChI=1S/C12H10FN.C2H6/c1-9-2-4-10(5-3-9)11-6-7-12(13)14-8-11;1-2/h2-8H,1H3;1-2H3. The van der Waals surface area contributed by atoms with Gasteiger partial charge in [-0.15, -0.1) is 0 Å². The van der Waals surface area contributed by atoms with Crippen molar-refractivity contribution in [1.29, 1.82) is 0 Å². The summed E-state index contributed by atoms with van der Waals surface area (Å²) in [6, 6.07) is 11.2. The minimum Gasteiger partial charge on any atom is -0.228 e. The summed E-state index contributed by atoms with van der Waals surface area (Å²) < 4.78 is 12.6. The molecule has 2 aromatic rings. The predicted octanol–water partition coefficient (Wildman–Crippen LogP) is 4.22. The fourth-order valence-electron chi connectivity index (χ4n) is 1.29. The average molecular weight is 217 g/mol. The summed E-state index contributed by atoms with van der Waals surface area (Å²) in [5, 5.41) is 0. The number of pyridine rings is 1. The summed E-state index contributed by atoms with van der Waals surface area (Å²) in [5.74, 6) is -0.444. The fourth-order valence-corrected chi connectivity index (χ4v) is 1.29. The van der Waals surface area contributed by atoms with E-state index in [2.05, 4.69) is 4.98 Å². The molecule has 1 aromatic carbocycles. The van der Waals surface area contributed by atoms with Gasteiger partial charge in [-0.1, -0.05) is 43.7 Å². The van der Waals surface area contributed by atoms with E-state index in [9.17, 15) is 4.39 Å². The number of hydrogen-bond donors (Lipinski definition) is 0. The third-order valence-corrected chi connectivity index (χ3v) is 2.11. The van der Waals surface area contributed by atoms with Crippen molar-refractivity contribution >= 4 is 0 Å². The Morgan fingerprint density at radius 1 is 0.875 bits per heavy atom. The molecule has 1 aromatic heterocycles. The zero-order valence-corrected chi connectivity index (χ0v) is 9.87. The van der Waals surface area contributed by atoms with E-state index in [4.69, 9.17) is 0 Å². The Kier molecular flexibility index (Phi) is 4.65. The Bertz CT molecular complexity index is 374. The van der Waals surface area contributed by atoms with Crippen LogP contribution in [-0.4, -0.2) is 4.98 Å². The Hall–Kier alpha value is -1.70. The SMILES string of the molecule is CC.Cc1ccc(-c2ccc(F)nc2)cc1. The van der Waals surface area contributed by atoms with E-state index in [0.29, 0.717) is 0 Å². The second-order valence-corrected chi connectivity index (χ2v) is 3.24. The van der Waals surface area contributed by atoms with Crippen LogP contribution < -0.4 is 0 Å². The Morgan fingerprint density at radius 3 is 1.94 bits per heavy atom. The molecule has 0 saturated carbocycles. The molecule has 0 bridgehead atoms. The van der Waals surface area contributed by atoms with Gasteiger partial charge in [0.05, 0.1) is 0 Å². The van der Waals surface area contributed by atoms with Gasteiger partial charge in [0.2, 0.25) is 5.95 Å². The highest BCUT2D eigenvalue weighted by atomic mass is 19.1. The van der Waals surface area contributed by atoms with Crippen LogP contribution in [0, 0.1) is 12.9 Å². The second kappa shape index (κ2) is 6.01. The number of halogens is 1. The van der Waals surface area contributed by atoms with Gasteiger partial charge in [-0.25, -0.2) is 4.98 Å². The molecule has 0 fully saturated rings. The average Bonchev–Trinajstić information content (AvgIpc) is 2.34. The van der Waals surface area contributed by atoms with Crippen molar-refractivity contribution in [2.75, 3.05) is 0 Å². The summed E-state index contributed by atoms with van der Waals surface area (Å²) in [6.45, 7) is 6.03. The second-order valence-electron chi connectivity index (χ2n) is 3.24. The first kappa shape index (κ1) is 12.4. The molecule has 0 unspecified atom stereocenters. The lowest BCUT2D eigenvalue weighted by molar-refractivity contribution is 0.584. The highest BCUT2D eigenvalue weighted by molar-refractivity contribution is 5.62. The highest BCUT2D eigenvalue weighted by Gasteiger charge is 1.97. The molecule has 0 saturated heterocycles. The normalized spacial score (nSPS) is 9.25. The molecular formula is C14H16FN. The van der Waals surface area contributed by atoms with Gasteiger partial charge in [-0.05, 0) is 24.6 Å². The molecule has 84 valence electrons. The third kappa shape index (κ3) is 3.16. The lowest BCUT2D eigenvalue weighted by Crippen LogP contribution is -1.83. The predicted molar refractivity (Wildman–Crippen MR) is 65.7 cm³/mol. The first-order valence-electron chi connectivity index (χ1n) is 5.44. The lowest BCUT2D eigenvalue weighted by atomic mass is 10.1. The number of aromatic nitrogens is 1. The first-order chi connectivity index (χ1) is 7.75. The van der Waals surface area contributed by atoms with Gasteiger partial charge in [0.1, 0.15) is 0 Å². The van der Waals surface area contributed by atoms with Crippen LogP contribution >= 0.6 is 0 Å². The molecular weight excluding hydrogens is 201 g/mol. The van der Waals surface area contributed by atoms with Crippen molar-refractivity contribution in [2.45, 2.75) is 20.8 Å². The maximum absolute atomic E-state index is 12.6. The van der Waals surface area contributed by atoms with Gasteiger partial charge in [0.25, 0.3) is 0 Å². The van der Waals surface area contributed by atoms with Crippen LogP contribution in [-0.2, 0) is 0 Å². The number of benzene rings is 1. The van der Waals surface area contributed by atoms with Crippen molar-refractivity contribution in [3.63, 3.8) is 0 Å². The summed E-state index contributed by atoms with van der Waals surface area (Å²) in [6.07, 6.45) is 1.54. The maximum atomic E-state index is 12.6. The molecule has 0 atom stereocenters. The van der Waals surface area contributed by atoms with Crippen LogP contribution in [0.5, 0.6) is 0 Å². The number of aryl methyl sites for hydroxylation is 1. The molecule has 0 spiro atoms. The van der Waals surface area contributed by atoms with E-state index in [0.717, 1.165) is 11.1 Å². The van der Waals surface area contributed by atoms with Crippen LogP contribution in [0.4, 0.5) is 4.39 Å². The highest BCUT2D eigenvalue weighted by Crippen LogP contribution is 2.18. The van der Waals surface area contributed by atoms with Crippen LogP contribution in [0.3, 0.4) is 0 Å². The summed E-state index contributed by atoms with van der Waals surface area (Å²) in [4.78, 5) is 3.61. The van der Waals surface area contributed by atoms with Crippen molar-refractivity contribution < 1.29 is 4.39 Å². The van der Waals surface area contributed by atoms with Gasteiger partial charge in [0, 0.05) is 11.8 Å². The largest absolute Gasteiger partial charge is 0.228 e. The van der Waals surface area contributed by atoms with Gasteiger partial charge in [-0.3, -0.25) is 0 Å². The molecule has 0 radical (unpaired) electrons. The Labute approximate surface area is 96.0 Å². The van der Waals surface area contributed by atoms with Crippen molar-refractivity contribution in [3.8, 4) is 11.1 Å². The van der Waals surface area contributed by atoms with E-state index >= 15 is 0 Å². The minimum absolute atomic E-state index is 0.444. The van der Waals surface area contributed by atoms with Gasteiger partial charge in [-0.2, -0.15) is 4.39 Å².